The van der Waals surface area contributed by atoms with Crippen LogP contribution in [0.2, 0.25) is 0 Å². The van der Waals surface area contributed by atoms with E-state index in [0.717, 1.165) is 6.29 Å². The average Bonchev–Trinajstić information content (AvgIpc) is 2.78. The number of ether oxygens (including phenoxy) is 8. The van der Waals surface area contributed by atoms with Crippen molar-refractivity contribution in [1.82, 2.24) is 5.32 Å². The Morgan fingerprint density at radius 2 is 0.812 bits per heavy atom. The van der Waals surface area contributed by atoms with Gasteiger partial charge < -0.3 is 48.0 Å². The molecule has 190 valence electrons. The van der Waals surface area contributed by atoms with Crippen molar-refractivity contribution in [3.8, 4) is 0 Å². The molecule has 0 heterocycles. The van der Waals surface area contributed by atoms with Crippen LogP contribution < -0.4 is 5.32 Å². The van der Waals surface area contributed by atoms with Gasteiger partial charge >= 0.3 is 0 Å². The highest BCUT2D eigenvalue weighted by Gasteiger charge is 1.95. The molecule has 0 aliphatic carbocycles. The summed E-state index contributed by atoms with van der Waals surface area (Å²) in [5.74, 6) is -0.0613. The van der Waals surface area contributed by atoms with Crippen LogP contribution in [0.25, 0.3) is 0 Å². The Morgan fingerprint density at radius 3 is 1.09 bits per heavy atom. The number of hydrogen-bond acceptors (Lipinski definition) is 10. The number of nitrogens with one attached hydrogen (secondary N) is 1. The highest BCUT2D eigenvalue weighted by molar-refractivity contribution is 5.72. The highest BCUT2D eigenvalue weighted by atomic mass is 16.6. The molecular weight excluding hydrogens is 426 g/mol. The van der Waals surface area contributed by atoms with Crippen LogP contribution in [-0.4, -0.2) is 124 Å². The lowest BCUT2D eigenvalue weighted by molar-refractivity contribution is -0.119. The second-order valence-corrected chi connectivity index (χ2v) is 6.34. The molecule has 0 aliphatic rings. The van der Waals surface area contributed by atoms with Gasteiger partial charge in [-0.05, 0) is 0 Å². The summed E-state index contributed by atoms with van der Waals surface area (Å²) in [5.41, 5.74) is 0. The summed E-state index contributed by atoms with van der Waals surface area (Å²) >= 11 is 0. The molecule has 0 aromatic carbocycles. The van der Waals surface area contributed by atoms with E-state index in [9.17, 15) is 9.59 Å². The number of aldehydes is 1. The van der Waals surface area contributed by atoms with Gasteiger partial charge in [0.25, 0.3) is 0 Å². The summed E-state index contributed by atoms with van der Waals surface area (Å²) < 4.78 is 42.7. The van der Waals surface area contributed by atoms with Crippen molar-refractivity contribution in [3.05, 3.63) is 0 Å². The Bertz CT molecular complexity index is 401. The van der Waals surface area contributed by atoms with Crippen LogP contribution in [0.5, 0.6) is 0 Å². The Kier molecular flexibility index (Phi) is 26.8. The maximum atomic E-state index is 10.6. The average molecular weight is 468 g/mol. The fraction of sp³-hybridized carbons (Fsp3) is 0.905. The van der Waals surface area contributed by atoms with Crippen molar-refractivity contribution < 1.29 is 47.5 Å². The molecule has 0 saturated carbocycles. The van der Waals surface area contributed by atoms with E-state index in [1.807, 2.05) is 0 Å². The minimum Gasteiger partial charge on any atom is -0.379 e. The largest absolute Gasteiger partial charge is 0.379 e. The molecule has 11 heteroatoms. The SMILES string of the molecule is CC(=O)NCCOCCOCCOCCOCCOCCOCCOCCOCCC=O. The van der Waals surface area contributed by atoms with E-state index < -0.39 is 0 Å². The number of amides is 1. The molecule has 0 aromatic rings. The van der Waals surface area contributed by atoms with E-state index in [2.05, 4.69) is 5.32 Å². The van der Waals surface area contributed by atoms with Crippen molar-refractivity contribution in [1.29, 1.82) is 0 Å². The lowest BCUT2D eigenvalue weighted by Crippen LogP contribution is -2.25. The second-order valence-electron chi connectivity index (χ2n) is 6.34. The minimum absolute atomic E-state index is 0.0613. The normalized spacial score (nSPS) is 11.0. The molecule has 0 radical (unpaired) electrons. The molecule has 0 aliphatic heterocycles. The van der Waals surface area contributed by atoms with Gasteiger partial charge in [0, 0.05) is 19.9 Å². The summed E-state index contributed by atoms with van der Waals surface area (Å²) in [7, 11) is 0. The molecular formula is C21H41NO10. The van der Waals surface area contributed by atoms with E-state index in [4.69, 9.17) is 37.9 Å². The van der Waals surface area contributed by atoms with Gasteiger partial charge in [-0.1, -0.05) is 0 Å². The van der Waals surface area contributed by atoms with Gasteiger partial charge in [0.15, 0.2) is 0 Å². The smallest absolute Gasteiger partial charge is 0.216 e. The van der Waals surface area contributed by atoms with E-state index in [1.165, 1.54) is 6.92 Å². The number of rotatable bonds is 27. The Balaban J connectivity index is 3.01. The number of carbonyl (C=O) groups excluding carboxylic acids is 2. The molecule has 1 N–H and O–H groups in total. The van der Waals surface area contributed by atoms with E-state index >= 15 is 0 Å². The predicted molar refractivity (Wildman–Crippen MR) is 116 cm³/mol. The lowest BCUT2D eigenvalue weighted by atomic mass is 10.5. The molecule has 0 rings (SSSR count). The molecule has 32 heavy (non-hydrogen) atoms. The Morgan fingerprint density at radius 1 is 0.531 bits per heavy atom. The van der Waals surface area contributed by atoms with Crippen molar-refractivity contribution in [2.75, 3.05) is 112 Å². The third kappa shape index (κ3) is 28.8. The van der Waals surface area contributed by atoms with Crippen LogP contribution in [0.15, 0.2) is 0 Å². The number of hydrogen-bond donors (Lipinski definition) is 1. The fourth-order valence-electron chi connectivity index (χ4n) is 2.07. The van der Waals surface area contributed by atoms with Crippen molar-refractivity contribution in [2.24, 2.45) is 0 Å². The zero-order chi connectivity index (χ0) is 23.4. The van der Waals surface area contributed by atoms with Gasteiger partial charge in [-0.15, -0.1) is 0 Å². The number of carbonyl (C=O) groups is 2. The Labute approximate surface area is 191 Å². The third-order valence-corrected chi connectivity index (χ3v) is 3.60. The maximum absolute atomic E-state index is 10.6. The fourth-order valence-corrected chi connectivity index (χ4v) is 2.07. The zero-order valence-electron chi connectivity index (χ0n) is 19.4. The second kappa shape index (κ2) is 27.9. The summed E-state index contributed by atoms with van der Waals surface area (Å²) in [6.07, 6.45) is 1.25. The molecule has 1 amide bonds. The summed E-state index contributed by atoms with van der Waals surface area (Å²) in [6.45, 7) is 9.86. The van der Waals surface area contributed by atoms with Gasteiger partial charge in [-0.25, -0.2) is 0 Å². The topological polar surface area (TPSA) is 120 Å². The third-order valence-electron chi connectivity index (χ3n) is 3.60. The molecule has 0 fully saturated rings. The maximum Gasteiger partial charge on any atom is 0.216 e. The minimum atomic E-state index is -0.0613. The van der Waals surface area contributed by atoms with E-state index in [-0.39, 0.29) is 5.91 Å². The molecule has 0 unspecified atom stereocenters. The van der Waals surface area contributed by atoms with Crippen LogP contribution in [0, 0.1) is 0 Å². The van der Waals surface area contributed by atoms with Gasteiger partial charge in [0.1, 0.15) is 6.29 Å². The van der Waals surface area contributed by atoms with Crippen molar-refractivity contribution in [2.45, 2.75) is 13.3 Å². The van der Waals surface area contributed by atoms with Crippen molar-refractivity contribution >= 4 is 12.2 Å². The monoisotopic (exact) mass is 467 g/mol. The first-order valence-corrected chi connectivity index (χ1v) is 11.1. The first-order valence-electron chi connectivity index (χ1n) is 11.1. The van der Waals surface area contributed by atoms with E-state index in [0.29, 0.717) is 119 Å². The van der Waals surface area contributed by atoms with Crippen LogP contribution in [0.4, 0.5) is 0 Å². The molecule has 0 saturated heterocycles. The molecule has 0 spiro atoms. The predicted octanol–water partition coefficient (Wildman–Crippen LogP) is -0.156. The molecule has 11 nitrogen and oxygen atoms in total. The van der Waals surface area contributed by atoms with Crippen LogP contribution in [-0.2, 0) is 47.5 Å². The van der Waals surface area contributed by atoms with Gasteiger partial charge in [-0.2, -0.15) is 0 Å². The zero-order valence-corrected chi connectivity index (χ0v) is 19.4. The first kappa shape index (κ1) is 30.8. The first-order chi connectivity index (χ1) is 15.8. The van der Waals surface area contributed by atoms with Gasteiger partial charge in [0.2, 0.25) is 5.91 Å². The Hall–Kier alpha value is -1.18. The van der Waals surface area contributed by atoms with Crippen LogP contribution in [0.1, 0.15) is 13.3 Å². The highest BCUT2D eigenvalue weighted by Crippen LogP contribution is 1.86. The van der Waals surface area contributed by atoms with Crippen molar-refractivity contribution in [3.63, 3.8) is 0 Å². The van der Waals surface area contributed by atoms with Gasteiger partial charge in [-0.3, -0.25) is 4.79 Å². The molecule has 0 atom stereocenters. The quantitative estimate of drug-likeness (QED) is 0.129. The summed E-state index contributed by atoms with van der Waals surface area (Å²) in [5, 5.41) is 2.65. The van der Waals surface area contributed by atoms with E-state index in [1.54, 1.807) is 0 Å². The standard InChI is InChI=1S/C21H41NO10/c1-21(24)22-3-6-26-8-10-28-12-14-30-16-18-32-20-19-31-17-15-29-13-11-27-9-7-25-5-2-4-23/h4H,2-3,5-20H2,1H3,(H,22,24). The van der Waals surface area contributed by atoms with Crippen LogP contribution >= 0.6 is 0 Å². The summed E-state index contributed by atoms with van der Waals surface area (Å²) in [6, 6.07) is 0. The van der Waals surface area contributed by atoms with Gasteiger partial charge in [0.05, 0.1) is 106 Å². The molecule has 0 bridgehead atoms. The van der Waals surface area contributed by atoms with Crippen LogP contribution in [0.3, 0.4) is 0 Å². The summed E-state index contributed by atoms with van der Waals surface area (Å²) in [4.78, 5) is 20.7. The molecule has 0 aromatic heterocycles. The lowest BCUT2D eigenvalue weighted by Gasteiger charge is -2.08.